The van der Waals surface area contributed by atoms with E-state index in [2.05, 4.69) is 4.98 Å². The van der Waals surface area contributed by atoms with Crippen molar-refractivity contribution in [1.29, 1.82) is 0 Å². The van der Waals surface area contributed by atoms with Crippen molar-refractivity contribution in [2.45, 2.75) is 13.5 Å². The van der Waals surface area contributed by atoms with Crippen LogP contribution in [0.5, 0.6) is 5.75 Å². The second-order valence-electron chi connectivity index (χ2n) is 6.60. The molecule has 0 fully saturated rings. The smallest absolute Gasteiger partial charge is 0.259 e. The lowest BCUT2D eigenvalue weighted by atomic mass is 10.2. The number of para-hydroxylation sites is 1. The van der Waals surface area contributed by atoms with Crippen LogP contribution < -0.4 is 9.64 Å². The number of fused-ring (bicyclic) bond motifs is 1. The molecule has 0 aliphatic carbocycles. The van der Waals surface area contributed by atoms with Crippen molar-refractivity contribution in [2.24, 2.45) is 0 Å². The largest absolute Gasteiger partial charge is 0.494 e. The molecule has 30 heavy (non-hydrogen) atoms. The molecule has 0 radical (unpaired) electrons. The molecule has 3 aromatic carbocycles. The highest BCUT2D eigenvalue weighted by Gasteiger charge is 2.22. The Kier molecular flexibility index (Phi) is 6.37. The van der Waals surface area contributed by atoms with Crippen molar-refractivity contribution in [1.82, 2.24) is 4.98 Å². The first-order valence-corrected chi connectivity index (χ1v) is 10.6. The maximum absolute atomic E-state index is 13.2. The molecule has 0 aliphatic rings. The van der Waals surface area contributed by atoms with Crippen LogP contribution in [0, 0.1) is 0 Å². The summed E-state index contributed by atoms with van der Waals surface area (Å²) in [6.45, 7) is 2.86. The summed E-state index contributed by atoms with van der Waals surface area (Å²) in [5.41, 5.74) is 2.62. The number of carbonyl (C=O) groups excluding carboxylic acids is 1. The number of hydrogen-bond acceptors (Lipinski definition) is 5. The lowest BCUT2D eigenvalue weighted by molar-refractivity contribution is -0.122. The molecule has 6 heteroatoms. The van der Waals surface area contributed by atoms with Crippen LogP contribution in [0.3, 0.4) is 0 Å². The zero-order valence-corrected chi connectivity index (χ0v) is 17.5. The third-order valence-corrected chi connectivity index (χ3v) is 5.49. The van der Waals surface area contributed by atoms with Crippen LogP contribution in [0.15, 0.2) is 78.9 Å². The molecule has 0 aliphatic heterocycles. The van der Waals surface area contributed by atoms with Crippen LogP contribution in [0.1, 0.15) is 12.5 Å². The molecule has 0 saturated heterocycles. The Bertz CT molecular complexity index is 1080. The Morgan fingerprint density at radius 1 is 0.967 bits per heavy atom. The van der Waals surface area contributed by atoms with E-state index in [9.17, 15) is 4.79 Å². The van der Waals surface area contributed by atoms with Crippen molar-refractivity contribution < 1.29 is 14.3 Å². The summed E-state index contributed by atoms with van der Waals surface area (Å²) in [6, 6.07) is 25.1. The second kappa shape index (κ2) is 9.52. The van der Waals surface area contributed by atoms with Gasteiger partial charge in [0.25, 0.3) is 5.91 Å². The molecule has 0 atom stereocenters. The molecule has 4 aromatic rings. The summed E-state index contributed by atoms with van der Waals surface area (Å²) in [5.74, 6) is 0.590. The molecule has 4 rings (SSSR count). The summed E-state index contributed by atoms with van der Waals surface area (Å²) < 4.78 is 12.3. The zero-order valence-electron chi connectivity index (χ0n) is 16.7. The topological polar surface area (TPSA) is 51.7 Å². The van der Waals surface area contributed by atoms with E-state index in [1.54, 1.807) is 4.90 Å². The van der Waals surface area contributed by atoms with E-state index in [4.69, 9.17) is 9.47 Å². The summed E-state index contributed by atoms with van der Waals surface area (Å²) in [7, 11) is 0. The summed E-state index contributed by atoms with van der Waals surface area (Å²) in [4.78, 5) is 19.4. The molecule has 1 aromatic heterocycles. The second-order valence-corrected chi connectivity index (χ2v) is 7.61. The average molecular weight is 419 g/mol. The highest BCUT2D eigenvalue weighted by atomic mass is 32.1. The van der Waals surface area contributed by atoms with Crippen molar-refractivity contribution >= 4 is 38.3 Å². The van der Waals surface area contributed by atoms with Crippen LogP contribution in [0.2, 0.25) is 0 Å². The monoisotopic (exact) mass is 418 g/mol. The zero-order chi connectivity index (χ0) is 20.8. The van der Waals surface area contributed by atoms with Gasteiger partial charge in [0.15, 0.2) is 5.13 Å². The van der Waals surface area contributed by atoms with Crippen LogP contribution in [-0.2, 0) is 16.1 Å². The minimum Gasteiger partial charge on any atom is -0.494 e. The van der Waals surface area contributed by atoms with Gasteiger partial charge in [-0.25, -0.2) is 4.98 Å². The van der Waals surface area contributed by atoms with Gasteiger partial charge in [0.05, 0.1) is 29.1 Å². The number of ether oxygens (including phenoxy) is 2. The Hall–Kier alpha value is -3.22. The molecule has 0 unspecified atom stereocenters. The maximum Gasteiger partial charge on any atom is 0.259 e. The first-order valence-electron chi connectivity index (χ1n) is 9.77. The molecule has 0 saturated carbocycles. The van der Waals surface area contributed by atoms with E-state index in [1.165, 1.54) is 11.3 Å². The van der Waals surface area contributed by atoms with E-state index in [1.807, 2.05) is 85.8 Å². The lowest BCUT2D eigenvalue weighted by Gasteiger charge is -2.20. The molecule has 152 valence electrons. The molecular formula is C24H22N2O3S. The van der Waals surface area contributed by atoms with Crippen LogP contribution in [0.25, 0.3) is 10.2 Å². The first-order chi connectivity index (χ1) is 14.7. The minimum atomic E-state index is -0.172. The van der Waals surface area contributed by atoms with E-state index in [0.29, 0.717) is 18.3 Å². The third kappa shape index (κ3) is 4.67. The van der Waals surface area contributed by atoms with E-state index >= 15 is 0 Å². The highest BCUT2D eigenvalue weighted by molar-refractivity contribution is 7.22. The average Bonchev–Trinajstić information content (AvgIpc) is 3.20. The number of aromatic nitrogens is 1. The number of anilines is 2. The van der Waals surface area contributed by atoms with Gasteiger partial charge < -0.3 is 9.47 Å². The quantitative estimate of drug-likeness (QED) is 0.375. The van der Waals surface area contributed by atoms with Gasteiger partial charge in [-0.15, -0.1) is 0 Å². The fourth-order valence-electron chi connectivity index (χ4n) is 3.07. The molecule has 5 nitrogen and oxygen atoms in total. The summed E-state index contributed by atoms with van der Waals surface area (Å²) >= 11 is 1.48. The lowest BCUT2D eigenvalue weighted by Crippen LogP contribution is -2.29. The number of benzene rings is 3. The minimum absolute atomic E-state index is 0.0436. The van der Waals surface area contributed by atoms with Gasteiger partial charge in [-0.1, -0.05) is 53.8 Å². The fourth-order valence-corrected chi connectivity index (χ4v) is 4.07. The Morgan fingerprint density at radius 2 is 1.70 bits per heavy atom. The maximum atomic E-state index is 13.2. The Labute approximate surface area is 179 Å². The van der Waals surface area contributed by atoms with Gasteiger partial charge in [-0.3, -0.25) is 9.69 Å². The Morgan fingerprint density at radius 3 is 2.43 bits per heavy atom. The standard InChI is InChI=1S/C24H22N2O3S/c1-2-29-20-14-12-19(13-15-20)26(24-25-21-10-6-7-11-22(21)30-24)23(27)17-28-16-18-8-4-3-5-9-18/h3-15H,2,16-17H2,1H3. The number of amides is 1. The van der Waals surface area contributed by atoms with Crippen molar-refractivity contribution in [3.05, 3.63) is 84.4 Å². The SMILES string of the molecule is CCOc1ccc(N(C(=O)COCc2ccccc2)c2nc3ccccc3s2)cc1. The number of nitrogens with zero attached hydrogens (tertiary/aromatic N) is 2. The molecule has 0 spiro atoms. The number of carbonyl (C=O) groups is 1. The predicted octanol–water partition coefficient (Wildman–Crippen LogP) is 5.58. The molecule has 0 bridgehead atoms. The molecular weight excluding hydrogens is 396 g/mol. The van der Waals surface area contributed by atoms with Crippen LogP contribution >= 0.6 is 11.3 Å². The fraction of sp³-hybridized carbons (Fsp3) is 0.167. The van der Waals surface area contributed by atoms with Crippen molar-refractivity contribution in [3.63, 3.8) is 0 Å². The number of rotatable bonds is 8. The normalized spacial score (nSPS) is 10.8. The van der Waals surface area contributed by atoms with Crippen LogP contribution in [0.4, 0.5) is 10.8 Å². The van der Waals surface area contributed by atoms with Crippen molar-refractivity contribution in [2.75, 3.05) is 18.1 Å². The molecule has 1 heterocycles. The van der Waals surface area contributed by atoms with Gasteiger partial charge in [0.1, 0.15) is 12.4 Å². The molecule has 1 amide bonds. The Balaban J connectivity index is 1.58. The van der Waals surface area contributed by atoms with Crippen molar-refractivity contribution in [3.8, 4) is 5.75 Å². The summed E-state index contributed by atoms with van der Waals surface area (Å²) in [5, 5.41) is 0.619. The number of hydrogen-bond donors (Lipinski definition) is 0. The van der Waals surface area contributed by atoms with Crippen LogP contribution in [-0.4, -0.2) is 24.1 Å². The summed E-state index contributed by atoms with van der Waals surface area (Å²) in [6.07, 6.45) is 0. The third-order valence-electron chi connectivity index (χ3n) is 4.47. The predicted molar refractivity (Wildman–Crippen MR) is 120 cm³/mol. The van der Waals surface area contributed by atoms with Gasteiger partial charge in [0.2, 0.25) is 0 Å². The molecule has 0 N–H and O–H groups in total. The van der Waals surface area contributed by atoms with Gasteiger partial charge in [-0.2, -0.15) is 0 Å². The van der Waals surface area contributed by atoms with Gasteiger partial charge >= 0.3 is 0 Å². The first kappa shape index (κ1) is 20.1. The van der Waals surface area contributed by atoms with E-state index < -0.39 is 0 Å². The van der Waals surface area contributed by atoms with Gasteiger partial charge in [-0.05, 0) is 48.9 Å². The van der Waals surface area contributed by atoms with E-state index in [0.717, 1.165) is 27.2 Å². The highest BCUT2D eigenvalue weighted by Crippen LogP contribution is 2.34. The van der Waals surface area contributed by atoms with E-state index in [-0.39, 0.29) is 12.5 Å². The van der Waals surface area contributed by atoms with Gasteiger partial charge in [0, 0.05) is 0 Å². The number of thiazole rings is 1.